The molecule has 0 radical (unpaired) electrons. The minimum atomic E-state index is -0.764. The van der Waals surface area contributed by atoms with E-state index in [0.717, 1.165) is 23.3 Å². The average molecular weight is 618 g/mol. The maximum absolute atomic E-state index is 12.4. The smallest absolute Gasteiger partial charge is 0.287 e. The van der Waals surface area contributed by atoms with Crippen LogP contribution in [0, 0.1) is 5.53 Å². The van der Waals surface area contributed by atoms with Gasteiger partial charge in [-0.25, -0.2) is 5.53 Å². The van der Waals surface area contributed by atoms with Gasteiger partial charge in [0.1, 0.15) is 0 Å². The Hall–Kier alpha value is -5.62. The molecule has 0 aliphatic heterocycles. The normalized spacial score (nSPS) is 10.9. The number of nitrogens with one attached hydrogen (secondary N) is 4. The monoisotopic (exact) mass is 617 g/mol. The van der Waals surface area contributed by atoms with Gasteiger partial charge in [0, 0.05) is 47.9 Å². The van der Waals surface area contributed by atoms with Crippen molar-refractivity contribution in [3.05, 3.63) is 136 Å². The van der Waals surface area contributed by atoms with Gasteiger partial charge < -0.3 is 26.2 Å². The fourth-order valence-electron chi connectivity index (χ4n) is 3.33. The minimum Gasteiger partial charge on any atom is -0.445 e. The molecule has 0 fully saturated rings. The molecule has 0 saturated heterocycles. The minimum absolute atomic E-state index is 0.00857. The van der Waals surface area contributed by atoms with Crippen molar-refractivity contribution in [2.75, 3.05) is 11.9 Å². The molecule has 1 aromatic heterocycles. The highest BCUT2D eigenvalue weighted by molar-refractivity contribution is 6.30. The Kier molecular flexibility index (Phi) is 14.2. The van der Waals surface area contributed by atoms with E-state index in [-0.39, 0.29) is 36.9 Å². The van der Waals surface area contributed by atoms with Crippen molar-refractivity contribution in [3.63, 3.8) is 0 Å². The first-order valence-electron chi connectivity index (χ1n) is 13.0. The van der Waals surface area contributed by atoms with Crippen molar-refractivity contribution >= 4 is 40.8 Å². The molecule has 44 heavy (non-hydrogen) atoms. The topological polar surface area (TPSA) is 192 Å². The molecule has 0 atom stereocenters. The summed E-state index contributed by atoms with van der Waals surface area (Å²) in [6.07, 6.45) is 5.35. The van der Waals surface area contributed by atoms with Crippen LogP contribution in [0.2, 0.25) is 5.02 Å². The van der Waals surface area contributed by atoms with Crippen LogP contribution < -0.4 is 27.2 Å². The van der Waals surface area contributed by atoms with Gasteiger partial charge in [0.15, 0.2) is 22.8 Å². The van der Waals surface area contributed by atoms with Crippen LogP contribution in [-0.4, -0.2) is 30.1 Å². The first-order valence-corrected chi connectivity index (χ1v) is 13.4. The van der Waals surface area contributed by atoms with E-state index in [2.05, 4.69) is 39.3 Å². The fraction of sp³-hybridized carbons (Fsp3) is 0.129. The molecule has 0 spiro atoms. The second-order valence-electron chi connectivity index (χ2n) is 8.88. The number of hydrazone groups is 1. The van der Waals surface area contributed by atoms with Crippen LogP contribution in [0.3, 0.4) is 0 Å². The number of hydrogen-bond acceptors (Lipinski definition) is 8. The zero-order valence-corrected chi connectivity index (χ0v) is 24.7. The van der Waals surface area contributed by atoms with Gasteiger partial charge in [-0.15, -0.1) is 5.11 Å². The number of carbonyl (C=O) groups is 3. The molecular weight excluding hydrogens is 586 g/mol. The number of benzene rings is 2. The molecule has 0 saturated carbocycles. The van der Waals surface area contributed by atoms with Gasteiger partial charge in [0.25, 0.3) is 11.8 Å². The molecule has 13 heteroatoms. The van der Waals surface area contributed by atoms with E-state index in [9.17, 15) is 19.2 Å². The Morgan fingerprint density at radius 1 is 1.02 bits per heavy atom. The third-order valence-corrected chi connectivity index (χ3v) is 5.81. The molecule has 6 N–H and O–H groups in total. The maximum Gasteiger partial charge on any atom is 0.287 e. The zero-order valence-electron chi connectivity index (χ0n) is 23.9. The third kappa shape index (κ3) is 11.7. The van der Waals surface area contributed by atoms with Crippen LogP contribution in [0.1, 0.15) is 45.6 Å². The summed E-state index contributed by atoms with van der Waals surface area (Å²) in [6, 6.07) is 15.2. The Morgan fingerprint density at radius 3 is 2.25 bits per heavy atom. The van der Waals surface area contributed by atoms with Crippen LogP contribution in [-0.2, 0) is 11.3 Å². The summed E-state index contributed by atoms with van der Waals surface area (Å²) in [7, 11) is 0. The molecule has 3 aromatic rings. The Morgan fingerprint density at radius 2 is 1.68 bits per heavy atom. The molecule has 3 amide bonds. The second-order valence-corrected chi connectivity index (χ2v) is 9.32. The average Bonchev–Trinajstić information content (AvgIpc) is 3.01. The highest BCUT2D eigenvalue weighted by atomic mass is 35.5. The van der Waals surface area contributed by atoms with E-state index in [1.165, 1.54) is 0 Å². The number of amidine groups is 1. The van der Waals surface area contributed by atoms with E-state index < -0.39 is 23.2 Å². The Balaban J connectivity index is 0.000000860. The lowest BCUT2D eigenvalue weighted by molar-refractivity contribution is -0.116. The molecule has 1 heterocycles. The lowest BCUT2D eigenvalue weighted by Crippen LogP contribution is -2.29. The zero-order chi connectivity index (χ0) is 32.5. The Labute approximate surface area is 258 Å². The van der Waals surface area contributed by atoms with Crippen molar-refractivity contribution in [1.82, 2.24) is 10.6 Å². The number of carbonyl (C=O) groups excluding carboxylic acids is 3. The number of anilines is 1. The SMILES string of the molecule is C=C/C=C(/C)C=C.N=N/C(=N\N)c1cccc(NC(=O)CCNC(=O)c2cc(=O)cc(C(=O)NCc3ccc(Cl)cc3)o2)c1. The van der Waals surface area contributed by atoms with E-state index in [1.807, 2.05) is 13.0 Å². The number of halogens is 1. The van der Waals surface area contributed by atoms with Gasteiger partial charge in [-0.3, -0.25) is 19.2 Å². The molecule has 3 rings (SSSR count). The standard InChI is InChI=1S/C24H22ClN7O5.C7H10/c25-16-6-4-14(5-7-16)13-29-24(36)20-12-18(33)11-19(37-20)23(35)28-9-8-21(34)30-17-3-1-2-15(10-17)22(31-26)32-27;1-4-6-7(3)5-2/h1-7,10-12,26H,8-9,13,27H2,(H,28,35)(H,29,36)(H,30,34);4-6H,1-2H2,3H3/b31-26?,32-22-;7-6-. The highest BCUT2D eigenvalue weighted by Crippen LogP contribution is 2.13. The van der Waals surface area contributed by atoms with Crippen molar-refractivity contribution in [3.8, 4) is 0 Å². The molecular formula is C31H32ClN7O5. The van der Waals surface area contributed by atoms with Crippen molar-refractivity contribution in [2.45, 2.75) is 19.9 Å². The van der Waals surface area contributed by atoms with E-state index in [4.69, 9.17) is 27.4 Å². The Bertz CT molecular complexity index is 1630. The van der Waals surface area contributed by atoms with Crippen LogP contribution in [0.15, 0.2) is 117 Å². The maximum atomic E-state index is 12.4. The second kappa shape index (κ2) is 18.0. The predicted octanol–water partition coefficient (Wildman–Crippen LogP) is 4.94. The summed E-state index contributed by atoms with van der Waals surface area (Å²) in [4.78, 5) is 49.1. The third-order valence-electron chi connectivity index (χ3n) is 5.55. The van der Waals surface area contributed by atoms with Gasteiger partial charge in [-0.1, -0.05) is 72.8 Å². The number of rotatable bonds is 11. The largest absolute Gasteiger partial charge is 0.445 e. The van der Waals surface area contributed by atoms with Crippen molar-refractivity contribution in [2.24, 2.45) is 16.1 Å². The lowest BCUT2D eigenvalue weighted by atomic mass is 10.2. The summed E-state index contributed by atoms with van der Waals surface area (Å²) in [5, 5.41) is 14.8. The van der Waals surface area contributed by atoms with Gasteiger partial charge >= 0.3 is 0 Å². The van der Waals surface area contributed by atoms with E-state index >= 15 is 0 Å². The molecule has 0 bridgehead atoms. The van der Waals surface area contributed by atoms with Gasteiger partial charge in [0.05, 0.1) is 0 Å². The predicted molar refractivity (Wildman–Crippen MR) is 170 cm³/mol. The van der Waals surface area contributed by atoms with Crippen molar-refractivity contribution < 1.29 is 18.8 Å². The highest BCUT2D eigenvalue weighted by Gasteiger charge is 2.16. The number of nitrogens with zero attached hydrogens (tertiary/aromatic N) is 2. The molecule has 0 aliphatic rings. The number of allylic oxidation sites excluding steroid dienone is 4. The van der Waals surface area contributed by atoms with Crippen LogP contribution in [0.25, 0.3) is 0 Å². The molecule has 12 nitrogen and oxygen atoms in total. The summed E-state index contributed by atoms with van der Waals surface area (Å²) in [6.45, 7) is 9.16. The number of hydrogen-bond donors (Lipinski definition) is 5. The summed E-state index contributed by atoms with van der Waals surface area (Å²) >= 11 is 5.84. The first kappa shape index (κ1) is 34.6. The van der Waals surface area contributed by atoms with Crippen LogP contribution in [0.4, 0.5) is 5.69 Å². The van der Waals surface area contributed by atoms with Gasteiger partial charge in [0.2, 0.25) is 5.91 Å². The van der Waals surface area contributed by atoms with Gasteiger partial charge in [-0.05, 0) is 36.8 Å². The molecule has 2 aromatic carbocycles. The van der Waals surface area contributed by atoms with E-state index in [1.54, 1.807) is 60.7 Å². The summed E-state index contributed by atoms with van der Waals surface area (Å²) in [5.74, 6) is 2.62. The number of amides is 3. The summed E-state index contributed by atoms with van der Waals surface area (Å²) < 4.78 is 5.31. The lowest BCUT2D eigenvalue weighted by Gasteiger charge is -2.09. The fourth-order valence-corrected chi connectivity index (χ4v) is 3.46. The van der Waals surface area contributed by atoms with Crippen LogP contribution in [0.5, 0.6) is 0 Å². The molecule has 0 unspecified atom stereocenters. The van der Waals surface area contributed by atoms with Crippen LogP contribution >= 0.6 is 11.6 Å². The van der Waals surface area contributed by atoms with Crippen molar-refractivity contribution in [1.29, 1.82) is 5.53 Å². The molecule has 228 valence electrons. The summed E-state index contributed by atoms with van der Waals surface area (Å²) in [5.41, 5.74) is 9.25. The van der Waals surface area contributed by atoms with E-state index in [0.29, 0.717) is 16.3 Å². The van der Waals surface area contributed by atoms with Gasteiger partial charge in [-0.2, -0.15) is 5.10 Å². The molecule has 0 aliphatic carbocycles. The first-order chi connectivity index (χ1) is 21.1. The quantitative estimate of drug-likeness (QED) is 0.0505. The number of nitrogens with two attached hydrogens (primary N) is 1.